The molecule has 0 radical (unpaired) electrons. The molecule has 16 heavy (non-hydrogen) atoms. The van der Waals surface area contributed by atoms with Crippen LogP contribution in [-0.4, -0.2) is 25.9 Å². The lowest BCUT2D eigenvalue weighted by molar-refractivity contribution is 0.114. The van der Waals surface area contributed by atoms with Gasteiger partial charge in [0.1, 0.15) is 5.75 Å². The minimum atomic E-state index is 0.142. The standard InChI is InChI=1S/C12H20N2O2/c1-2-15-10-11(14-13)8-9-16-12-6-4-3-5-7-12/h3-7,11,14H,2,8-10,13H2,1H3. The number of ether oxygens (including phenoxy) is 2. The molecule has 0 amide bonds. The number of benzene rings is 1. The summed E-state index contributed by atoms with van der Waals surface area (Å²) in [6.07, 6.45) is 0.825. The van der Waals surface area contributed by atoms with Crippen molar-refractivity contribution in [2.75, 3.05) is 19.8 Å². The highest BCUT2D eigenvalue weighted by Gasteiger charge is 2.06. The van der Waals surface area contributed by atoms with Gasteiger partial charge in [-0.25, -0.2) is 0 Å². The predicted molar refractivity (Wildman–Crippen MR) is 64.2 cm³/mol. The van der Waals surface area contributed by atoms with E-state index >= 15 is 0 Å². The quantitative estimate of drug-likeness (QED) is 0.516. The van der Waals surface area contributed by atoms with Crippen LogP contribution in [0.3, 0.4) is 0 Å². The molecule has 0 spiro atoms. The lowest BCUT2D eigenvalue weighted by Gasteiger charge is -2.15. The smallest absolute Gasteiger partial charge is 0.119 e. The van der Waals surface area contributed by atoms with Crippen molar-refractivity contribution in [2.45, 2.75) is 19.4 Å². The Morgan fingerprint density at radius 2 is 2.06 bits per heavy atom. The van der Waals surface area contributed by atoms with Crippen molar-refractivity contribution in [3.05, 3.63) is 30.3 Å². The molecule has 0 saturated carbocycles. The van der Waals surface area contributed by atoms with Gasteiger partial charge in [0.25, 0.3) is 0 Å². The predicted octanol–water partition coefficient (Wildman–Crippen LogP) is 1.32. The summed E-state index contributed by atoms with van der Waals surface area (Å²) in [5, 5.41) is 0. The van der Waals surface area contributed by atoms with Crippen molar-refractivity contribution in [3.8, 4) is 5.75 Å². The maximum Gasteiger partial charge on any atom is 0.119 e. The van der Waals surface area contributed by atoms with E-state index in [2.05, 4.69) is 5.43 Å². The molecule has 0 aliphatic carbocycles. The lowest BCUT2D eigenvalue weighted by atomic mass is 10.2. The van der Waals surface area contributed by atoms with Crippen molar-refractivity contribution in [3.63, 3.8) is 0 Å². The Kier molecular flexibility index (Phi) is 6.56. The minimum absolute atomic E-state index is 0.142. The summed E-state index contributed by atoms with van der Waals surface area (Å²) in [5.74, 6) is 6.29. The van der Waals surface area contributed by atoms with Gasteiger partial charge in [-0.1, -0.05) is 18.2 Å². The largest absolute Gasteiger partial charge is 0.494 e. The fourth-order valence-corrected chi connectivity index (χ4v) is 1.31. The van der Waals surface area contributed by atoms with Gasteiger partial charge in [-0.3, -0.25) is 11.3 Å². The SMILES string of the molecule is CCOCC(CCOc1ccccc1)NN. The first-order valence-corrected chi connectivity index (χ1v) is 5.58. The van der Waals surface area contributed by atoms with E-state index in [9.17, 15) is 0 Å². The molecular formula is C12H20N2O2. The maximum atomic E-state index is 5.57. The maximum absolute atomic E-state index is 5.57. The molecule has 0 aromatic heterocycles. The van der Waals surface area contributed by atoms with E-state index in [0.29, 0.717) is 19.8 Å². The van der Waals surface area contributed by atoms with Gasteiger partial charge in [0.2, 0.25) is 0 Å². The first kappa shape index (κ1) is 13.0. The second-order valence-corrected chi connectivity index (χ2v) is 3.47. The molecule has 1 unspecified atom stereocenters. The van der Waals surface area contributed by atoms with Crippen LogP contribution in [0.15, 0.2) is 30.3 Å². The van der Waals surface area contributed by atoms with E-state index in [1.807, 2.05) is 37.3 Å². The van der Waals surface area contributed by atoms with Gasteiger partial charge >= 0.3 is 0 Å². The molecule has 4 heteroatoms. The molecule has 1 atom stereocenters. The van der Waals surface area contributed by atoms with Crippen LogP contribution in [0.1, 0.15) is 13.3 Å². The van der Waals surface area contributed by atoms with Crippen LogP contribution in [0, 0.1) is 0 Å². The molecule has 1 aromatic carbocycles. The van der Waals surface area contributed by atoms with Crippen molar-refractivity contribution in [2.24, 2.45) is 5.84 Å². The van der Waals surface area contributed by atoms with Gasteiger partial charge in [-0.15, -0.1) is 0 Å². The van der Waals surface area contributed by atoms with Gasteiger partial charge < -0.3 is 9.47 Å². The molecular weight excluding hydrogens is 204 g/mol. The zero-order valence-electron chi connectivity index (χ0n) is 9.69. The van der Waals surface area contributed by atoms with Crippen molar-refractivity contribution in [1.82, 2.24) is 5.43 Å². The number of nitrogens with two attached hydrogens (primary N) is 1. The number of hydrazine groups is 1. The van der Waals surface area contributed by atoms with E-state index in [-0.39, 0.29) is 6.04 Å². The van der Waals surface area contributed by atoms with Crippen LogP contribution in [-0.2, 0) is 4.74 Å². The first-order chi connectivity index (χ1) is 7.86. The highest BCUT2D eigenvalue weighted by atomic mass is 16.5. The lowest BCUT2D eigenvalue weighted by Crippen LogP contribution is -2.39. The Balaban J connectivity index is 2.18. The topological polar surface area (TPSA) is 56.5 Å². The first-order valence-electron chi connectivity index (χ1n) is 5.58. The summed E-state index contributed by atoms with van der Waals surface area (Å²) in [5.41, 5.74) is 2.72. The van der Waals surface area contributed by atoms with E-state index < -0.39 is 0 Å². The summed E-state index contributed by atoms with van der Waals surface area (Å²) in [6.45, 7) is 3.92. The number of para-hydroxylation sites is 1. The van der Waals surface area contributed by atoms with E-state index in [4.69, 9.17) is 15.3 Å². The highest BCUT2D eigenvalue weighted by molar-refractivity contribution is 5.20. The van der Waals surface area contributed by atoms with Gasteiger partial charge in [0, 0.05) is 19.1 Å². The summed E-state index contributed by atoms with van der Waals surface area (Å²) in [7, 11) is 0. The third kappa shape index (κ3) is 5.11. The number of nitrogens with one attached hydrogen (secondary N) is 1. The summed E-state index contributed by atoms with van der Waals surface area (Å²) in [6, 6.07) is 9.89. The van der Waals surface area contributed by atoms with E-state index in [1.54, 1.807) is 0 Å². The molecule has 0 aliphatic rings. The monoisotopic (exact) mass is 224 g/mol. The molecule has 90 valence electrons. The van der Waals surface area contributed by atoms with Crippen molar-refractivity contribution >= 4 is 0 Å². The van der Waals surface area contributed by atoms with Gasteiger partial charge in [0.05, 0.1) is 13.2 Å². The van der Waals surface area contributed by atoms with Gasteiger partial charge in [0.15, 0.2) is 0 Å². The molecule has 0 fully saturated rings. The van der Waals surface area contributed by atoms with E-state index in [0.717, 1.165) is 12.2 Å². The van der Waals surface area contributed by atoms with Crippen LogP contribution >= 0.6 is 0 Å². The molecule has 0 heterocycles. The molecule has 4 nitrogen and oxygen atoms in total. The molecule has 3 N–H and O–H groups in total. The number of rotatable bonds is 8. The second-order valence-electron chi connectivity index (χ2n) is 3.47. The normalized spacial score (nSPS) is 12.4. The Bertz CT molecular complexity index is 267. The minimum Gasteiger partial charge on any atom is -0.494 e. The highest BCUT2D eigenvalue weighted by Crippen LogP contribution is 2.08. The summed E-state index contributed by atoms with van der Waals surface area (Å²) in [4.78, 5) is 0. The Morgan fingerprint density at radius 3 is 2.69 bits per heavy atom. The van der Waals surface area contributed by atoms with E-state index in [1.165, 1.54) is 0 Å². The second kappa shape index (κ2) is 8.10. The third-order valence-electron chi connectivity index (χ3n) is 2.24. The zero-order chi connectivity index (χ0) is 11.6. The fourth-order valence-electron chi connectivity index (χ4n) is 1.31. The van der Waals surface area contributed by atoms with Crippen molar-refractivity contribution < 1.29 is 9.47 Å². The van der Waals surface area contributed by atoms with Gasteiger partial charge in [-0.2, -0.15) is 0 Å². The van der Waals surface area contributed by atoms with Crippen LogP contribution in [0.5, 0.6) is 5.75 Å². The Labute approximate surface area is 96.7 Å². The zero-order valence-corrected chi connectivity index (χ0v) is 9.69. The van der Waals surface area contributed by atoms with Crippen LogP contribution in [0.4, 0.5) is 0 Å². The van der Waals surface area contributed by atoms with Crippen LogP contribution in [0.25, 0.3) is 0 Å². The number of hydrogen-bond acceptors (Lipinski definition) is 4. The molecule has 1 rings (SSSR count). The third-order valence-corrected chi connectivity index (χ3v) is 2.24. The van der Waals surface area contributed by atoms with Gasteiger partial charge in [-0.05, 0) is 19.1 Å². The Morgan fingerprint density at radius 1 is 1.31 bits per heavy atom. The Hall–Kier alpha value is -1.10. The average molecular weight is 224 g/mol. The molecule has 0 bridgehead atoms. The van der Waals surface area contributed by atoms with Crippen molar-refractivity contribution in [1.29, 1.82) is 0 Å². The van der Waals surface area contributed by atoms with Crippen LogP contribution in [0.2, 0.25) is 0 Å². The van der Waals surface area contributed by atoms with Crippen LogP contribution < -0.4 is 16.0 Å². The molecule has 0 aliphatic heterocycles. The fraction of sp³-hybridized carbons (Fsp3) is 0.500. The summed E-state index contributed by atoms with van der Waals surface area (Å²) >= 11 is 0. The summed E-state index contributed by atoms with van der Waals surface area (Å²) < 4.78 is 10.9. The number of hydrogen-bond donors (Lipinski definition) is 2. The molecule has 0 saturated heterocycles. The molecule has 1 aromatic rings. The average Bonchev–Trinajstić information content (AvgIpc) is 2.35.